The molecule has 2 N–H and O–H groups in total. The zero-order chi connectivity index (χ0) is 11.8. The minimum absolute atomic E-state index is 0.274. The molecule has 2 fully saturated rings. The summed E-state index contributed by atoms with van der Waals surface area (Å²) in [5.41, 5.74) is 9.24. The van der Waals surface area contributed by atoms with E-state index in [2.05, 4.69) is 31.2 Å². The van der Waals surface area contributed by atoms with Crippen LogP contribution < -0.4 is 5.73 Å². The van der Waals surface area contributed by atoms with Gasteiger partial charge in [0.15, 0.2) is 0 Å². The number of fused-ring (bicyclic) bond motifs is 2. The fourth-order valence-corrected chi connectivity index (χ4v) is 3.96. The molecule has 0 aliphatic heterocycles. The van der Waals surface area contributed by atoms with E-state index in [0.29, 0.717) is 0 Å². The van der Waals surface area contributed by atoms with Gasteiger partial charge >= 0.3 is 0 Å². The molecule has 0 heterocycles. The summed E-state index contributed by atoms with van der Waals surface area (Å²) >= 11 is 0. The lowest BCUT2D eigenvalue weighted by Crippen LogP contribution is -2.25. The Hall–Kier alpha value is -0.820. The van der Waals surface area contributed by atoms with Crippen LogP contribution in [-0.2, 0) is 6.42 Å². The molecule has 3 rings (SSSR count). The van der Waals surface area contributed by atoms with Gasteiger partial charge in [0.05, 0.1) is 0 Å². The monoisotopic (exact) mass is 229 g/mol. The predicted octanol–water partition coefficient (Wildman–Crippen LogP) is 3.69. The Morgan fingerprint density at radius 3 is 2.47 bits per heavy atom. The van der Waals surface area contributed by atoms with E-state index in [9.17, 15) is 0 Å². The van der Waals surface area contributed by atoms with Gasteiger partial charge in [-0.05, 0) is 54.6 Å². The third-order valence-corrected chi connectivity index (χ3v) is 5.03. The van der Waals surface area contributed by atoms with Crippen LogP contribution in [0.15, 0.2) is 24.3 Å². The lowest BCUT2D eigenvalue weighted by Gasteiger charge is -2.28. The molecule has 2 aliphatic carbocycles. The van der Waals surface area contributed by atoms with Gasteiger partial charge in [0, 0.05) is 6.04 Å². The Morgan fingerprint density at radius 1 is 1.18 bits per heavy atom. The van der Waals surface area contributed by atoms with Crippen molar-refractivity contribution >= 4 is 0 Å². The molecule has 0 aromatic heterocycles. The molecule has 0 amide bonds. The molecule has 2 saturated carbocycles. The van der Waals surface area contributed by atoms with Gasteiger partial charge in [-0.2, -0.15) is 0 Å². The van der Waals surface area contributed by atoms with Gasteiger partial charge in [-0.25, -0.2) is 0 Å². The third kappa shape index (κ3) is 2.01. The predicted molar refractivity (Wildman–Crippen MR) is 71.7 cm³/mol. The van der Waals surface area contributed by atoms with Gasteiger partial charge in [0.2, 0.25) is 0 Å². The first-order valence-corrected chi connectivity index (χ1v) is 7.12. The first-order chi connectivity index (χ1) is 8.28. The van der Waals surface area contributed by atoms with Gasteiger partial charge in [-0.3, -0.25) is 0 Å². The molecule has 92 valence electrons. The highest BCUT2D eigenvalue weighted by Gasteiger charge is 2.42. The smallest absolute Gasteiger partial charge is 0.0326 e. The van der Waals surface area contributed by atoms with Crippen molar-refractivity contribution in [2.45, 2.75) is 45.1 Å². The molecule has 4 atom stereocenters. The minimum Gasteiger partial charge on any atom is -0.324 e. The van der Waals surface area contributed by atoms with E-state index in [-0.39, 0.29) is 6.04 Å². The Morgan fingerprint density at radius 2 is 1.94 bits per heavy atom. The number of hydrogen-bond donors (Lipinski definition) is 1. The quantitative estimate of drug-likeness (QED) is 0.840. The molecule has 1 nitrogen and oxygen atoms in total. The summed E-state index contributed by atoms with van der Waals surface area (Å²) in [6.07, 6.45) is 6.83. The van der Waals surface area contributed by atoms with E-state index in [1.165, 1.54) is 36.8 Å². The van der Waals surface area contributed by atoms with Crippen molar-refractivity contribution in [1.82, 2.24) is 0 Å². The van der Waals surface area contributed by atoms with E-state index >= 15 is 0 Å². The molecule has 17 heavy (non-hydrogen) atoms. The van der Waals surface area contributed by atoms with E-state index in [1.807, 2.05) is 0 Å². The van der Waals surface area contributed by atoms with Crippen LogP contribution in [0.25, 0.3) is 0 Å². The van der Waals surface area contributed by atoms with Crippen LogP contribution in [0, 0.1) is 17.8 Å². The normalized spacial score (nSPS) is 32.9. The average molecular weight is 229 g/mol. The number of aryl methyl sites for hydroxylation is 1. The van der Waals surface area contributed by atoms with Crippen molar-refractivity contribution in [1.29, 1.82) is 0 Å². The zero-order valence-electron chi connectivity index (χ0n) is 10.7. The maximum Gasteiger partial charge on any atom is 0.0326 e. The van der Waals surface area contributed by atoms with Crippen LogP contribution >= 0.6 is 0 Å². The lowest BCUT2D eigenvalue weighted by molar-refractivity contribution is 0.284. The second-order valence-corrected chi connectivity index (χ2v) is 5.96. The molecule has 1 aromatic carbocycles. The molecule has 4 unspecified atom stereocenters. The second kappa shape index (κ2) is 4.45. The molecule has 1 aromatic rings. The summed E-state index contributed by atoms with van der Waals surface area (Å²) in [4.78, 5) is 0. The summed E-state index contributed by atoms with van der Waals surface area (Å²) in [5, 5.41) is 0. The molecule has 2 aliphatic rings. The van der Waals surface area contributed by atoms with Crippen molar-refractivity contribution in [2.75, 3.05) is 0 Å². The highest BCUT2D eigenvalue weighted by molar-refractivity contribution is 5.25. The molecular formula is C16H23N. The molecule has 0 saturated heterocycles. The van der Waals surface area contributed by atoms with Gasteiger partial charge in [0.25, 0.3) is 0 Å². The van der Waals surface area contributed by atoms with Crippen molar-refractivity contribution in [3.8, 4) is 0 Å². The summed E-state index contributed by atoms with van der Waals surface area (Å²) < 4.78 is 0. The van der Waals surface area contributed by atoms with Crippen molar-refractivity contribution < 1.29 is 0 Å². The Labute approximate surface area is 104 Å². The summed E-state index contributed by atoms with van der Waals surface area (Å²) in [6.45, 7) is 2.20. The van der Waals surface area contributed by atoms with Gasteiger partial charge in [0.1, 0.15) is 0 Å². The fraction of sp³-hybridized carbons (Fsp3) is 0.625. The Bertz CT molecular complexity index is 381. The molecule has 1 heteroatoms. The number of benzene rings is 1. The molecule has 0 radical (unpaired) electrons. The average Bonchev–Trinajstić information content (AvgIpc) is 3.00. The molecule has 2 bridgehead atoms. The van der Waals surface area contributed by atoms with Crippen LogP contribution in [0.5, 0.6) is 0 Å². The summed E-state index contributed by atoms with van der Waals surface area (Å²) in [6, 6.07) is 9.24. The highest BCUT2D eigenvalue weighted by Crippen LogP contribution is 2.51. The largest absolute Gasteiger partial charge is 0.324 e. The standard InChI is InChI=1S/C16H23N/c1-2-11-3-6-13(7-4-11)16(17)15-10-12-5-8-14(15)9-12/h3-4,6-7,12,14-16H,2,5,8-10,17H2,1H3. The van der Waals surface area contributed by atoms with Crippen molar-refractivity contribution in [3.05, 3.63) is 35.4 Å². The van der Waals surface area contributed by atoms with Gasteiger partial charge in [-0.15, -0.1) is 0 Å². The van der Waals surface area contributed by atoms with Crippen LogP contribution in [0.2, 0.25) is 0 Å². The minimum atomic E-state index is 0.274. The topological polar surface area (TPSA) is 26.0 Å². The van der Waals surface area contributed by atoms with E-state index in [1.54, 1.807) is 0 Å². The van der Waals surface area contributed by atoms with E-state index in [0.717, 1.165) is 24.2 Å². The van der Waals surface area contributed by atoms with Crippen molar-refractivity contribution in [2.24, 2.45) is 23.5 Å². The fourth-order valence-electron chi connectivity index (χ4n) is 3.96. The van der Waals surface area contributed by atoms with Crippen LogP contribution in [0.3, 0.4) is 0 Å². The first kappa shape index (κ1) is 11.3. The number of hydrogen-bond acceptors (Lipinski definition) is 1. The summed E-state index contributed by atoms with van der Waals surface area (Å²) in [5.74, 6) is 2.66. The molecular weight excluding hydrogens is 206 g/mol. The van der Waals surface area contributed by atoms with Crippen LogP contribution in [0.4, 0.5) is 0 Å². The van der Waals surface area contributed by atoms with Gasteiger partial charge in [-0.1, -0.05) is 37.6 Å². The second-order valence-electron chi connectivity index (χ2n) is 5.96. The lowest BCUT2D eigenvalue weighted by atomic mass is 9.81. The Balaban J connectivity index is 1.74. The van der Waals surface area contributed by atoms with Crippen molar-refractivity contribution in [3.63, 3.8) is 0 Å². The highest BCUT2D eigenvalue weighted by atomic mass is 14.7. The zero-order valence-corrected chi connectivity index (χ0v) is 10.7. The maximum atomic E-state index is 6.48. The third-order valence-electron chi connectivity index (χ3n) is 5.03. The number of rotatable bonds is 3. The van der Waals surface area contributed by atoms with Crippen LogP contribution in [-0.4, -0.2) is 0 Å². The first-order valence-electron chi connectivity index (χ1n) is 7.12. The maximum absolute atomic E-state index is 6.48. The SMILES string of the molecule is CCc1ccc(C(N)C2CC3CCC2C3)cc1. The Kier molecular flexibility index (Phi) is 2.96. The van der Waals surface area contributed by atoms with Crippen LogP contribution in [0.1, 0.15) is 49.8 Å². The number of nitrogens with two attached hydrogens (primary N) is 1. The summed E-state index contributed by atoms with van der Waals surface area (Å²) in [7, 11) is 0. The van der Waals surface area contributed by atoms with E-state index in [4.69, 9.17) is 5.73 Å². The molecule has 0 spiro atoms. The van der Waals surface area contributed by atoms with E-state index < -0.39 is 0 Å². The van der Waals surface area contributed by atoms with Gasteiger partial charge < -0.3 is 5.73 Å².